The Morgan fingerprint density at radius 3 is 1.51 bits per heavy atom. The van der Waals surface area contributed by atoms with Gasteiger partial charge in [-0.3, -0.25) is 19.2 Å². The largest absolute Gasteiger partial charge is 0.460 e. The molecule has 0 saturated heterocycles. The van der Waals surface area contributed by atoms with Gasteiger partial charge < -0.3 is 29.1 Å². The minimum atomic E-state index is -0.847. The molecule has 0 bridgehead atoms. The molecule has 2 unspecified atom stereocenters. The maximum Gasteiger partial charge on any atom is 0.329 e. The molecule has 2 atom stereocenters. The van der Waals surface area contributed by atoms with Crippen LogP contribution in [0.3, 0.4) is 0 Å². The lowest BCUT2D eigenvalue weighted by molar-refractivity contribution is -0.733. The molecule has 15 nitrogen and oxygen atoms in total. The Kier molecular flexibility index (Phi) is 19.2. The Labute approximate surface area is 465 Å². The third-order valence-corrected chi connectivity index (χ3v) is 16.5. The minimum Gasteiger partial charge on any atom is -0.460 e. The van der Waals surface area contributed by atoms with E-state index in [9.17, 15) is 24.0 Å². The summed E-state index contributed by atoms with van der Waals surface area (Å²) in [5, 5.41) is 2.08. The van der Waals surface area contributed by atoms with Crippen molar-refractivity contribution in [1.82, 2.24) is 18.3 Å². The summed E-state index contributed by atoms with van der Waals surface area (Å²) in [7, 11) is 4.09. The average molecular weight is 1110 g/mol. The first-order valence-electron chi connectivity index (χ1n) is 26.5. The number of nitrogens with zero attached hydrogens (tertiary/aromatic N) is 6. The topological polar surface area (TPSA) is 167 Å². The molecule has 10 rings (SSSR count). The highest BCUT2D eigenvalue weighted by atomic mass is 35.5. The van der Waals surface area contributed by atoms with Crippen molar-refractivity contribution in [3.63, 3.8) is 0 Å². The molecule has 6 aromatic rings. The van der Waals surface area contributed by atoms with Crippen molar-refractivity contribution >= 4 is 88.5 Å². The van der Waals surface area contributed by atoms with Crippen LogP contribution in [0.25, 0.3) is 21.8 Å². The third-order valence-electron chi connectivity index (χ3n) is 16.5. The molecular weight excluding hydrogens is 1030 g/mol. The zero-order chi connectivity index (χ0) is 51.8. The molecule has 0 aliphatic heterocycles. The lowest BCUT2D eigenvalue weighted by Crippen LogP contribution is -2.52. The first-order chi connectivity index (χ1) is 34.9. The standard InChI is InChI=1S/C32H42N3O5.C26H33N4O3.3ClH/c1-22-34(20-23-13-14-26-28(29(23)37)24-11-7-8-12-25(24)33(26)5)17-18-35(22)21-39-30(38)32(15-9-6-10-16-32)19-27(36)40-31(2,3)4;1-18-29(14-15-30(18)17-33-25(32)26(27)12-6-3-7-13-26)16-19-10-11-22-23(24(19)31)20-8-4-5-9-21(20)28(22)2;;;/h7-8,11-12,17-18,23H,6,9-10,13-16,19-21H2,1-5H3;4-5,8-9,14-15,19H,3,6-7,10-13,16-17,27H2,1-2H3;3*1H/q2*+1;;;. The van der Waals surface area contributed by atoms with Crippen molar-refractivity contribution in [3.05, 3.63) is 107 Å². The van der Waals surface area contributed by atoms with Gasteiger partial charge in [-0.05, 0) is 84.3 Å². The van der Waals surface area contributed by atoms with Gasteiger partial charge in [0.1, 0.15) is 49.0 Å². The molecule has 4 heterocycles. The SMILES string of the molecule is Cc1n(CC2CCc3c(c4ccccc4n3C)C2=O)cc[n+]1COC(=O)C1(CC(=O)OC(C)(C)C)CCCCC1.Cc1n(CC2CCc3c(c4ccccc4n3C)C2=O)cc[n+]1COC(=O)C1(N)CCCCC1.Cl.Cl.Cl. The summed E-state index contributed by atoms with van der Waals surface area (Å²) in [6, 6.07) is 16.3. The van der Waals surface area contributed by atoms with E-state index < -0.39 is 16.6 Å². The zero-order valence-corrected chi connectivity index (χ0v) is 47.7. The van der Waals surface area contributed by atoms with E-state index in [0.717, 1.165) is 120 Å². The fourth-order valence-corrected chi connectivity index (χ4v) is 12.2. The number of hydrogen-bond acceptors (Lipinski definition) is 9. The fourth-order valence-electron chi connectivity index (χ4n) is 12.2. The molecule has 4 aliphatic rings. The van der Waals surface area contributed by atoms with E-state index in [1.54, 1.807) is 0 Å². The molecule has 76 heavy (non-hydrogen) atoms. The predicted molar refractivity (Wildman–Crippen MR) is 297 cm³/mol. The van der Waals surface area contributed by atoms with Gasteiger partial charge in [0.2, 0.25) is 13.5 Å². The van der Waals surface area contributed by atoms with Crippen LogP contribution in [-0.2, 0) is 82.1 Å². The second kappa shape index (κ2) is 24.5. The van der Waals surface area contributed by atoms with Gasteiger partial charge in [-0.25, -0.2) is 13.9 Å². The molecule has 412 valence electrons. The number of halogens is 3. The van der Waals surface area contributed by atoms with Gasteiger partial charge in [-0.15, -0.1) is 37.2 Å². The lowest BCUT2D eigenvalue weighted by atomic mass is 9.72. The summed E-state index contributed by atoms with van der Waals surface area (Å²) in [6.07, 6.45) is 19.7. The monoisotopic (exact) mass is 1110 g/mol. The van der Waals surface area contributed by atoms with Crippen molar-refractivity contribution in [2.45, 2.75) is 169 Å². The number of para-hydroxylation sites is 2. The Hall–Kier alpha value is -5.48. The number of nitrogens with two attached hydrogens (primary N) is 1. The van der Waals surface area contributed by atoms with Gasteiger partial charge in [0.05, 0.1) is 23.7 Å². The number of rotatable bonds is 12. The van der Waals surface area contributed by atoms with Crippen molar-refractivity contribution in [2.75, 3.05) is 0 Å². The van der Waals surface area contributed by atoms with E-state index in [0.29, 0.717) is 38.8 Å². The van der Waals surface area contributed by atoms with Crippen LogP contribution in [0.2, 0.25) is 0 Å². The maximum absolute atomic E-state index is 13.6. The Morgan fingerprint density at radius 2 is 1.07 bits per heavy atom. The van der Waals surface area contributed by atoms with E-state index in [1.165, 1.54) is 0 Å². The second-order valence-corrected chi connectivity index (χ2v) is 22.4. The number of aromatic nitrogens is 6. The van der Waals surface area contributed by atoms with Crippen molar-refractivity contribution in [3.8, 4) is 0 Å². The fraction of sp³-hybridized carbons (Fsp3) is 0.534. The highest BCUT2D eigenvalue weighted by molar-refractivity contribution is 6.12. The highest BCUT2D eigenvalue weighted by Gasteiger charge is 2.45. The van der Waals surface area contributed by atoms with Crippen LogP contribution in [0.1, 0.15) is 148 Å². The number of hydrogen-bond donors (Lipinski definition) is 1. The highest BCUT2D eigenvalue weighted by Crippen LogP contribution is 2.42. The number of benzene rings is 2. The Balaban J connectivity index is 0.000000241. The van der Waals surface area contributed by atoms with Crippen molar-refractivity contribution < 1.29 is 47.3 Å². The predicted octanol–water partition coefficient (Wildman–Crippen LogP) is 9.65. The van der Waals surface area contributed by atoms with Crippen molar-refractivity contribution in [1.29, 1.82) is 0 Å². The number of esters is 3. The number of ether oxygens (including phenoxy) is 3. The summed E-state index contributed by atoms with van der Waals surface area (Å²) < 4.78 is 29.2. The van der Waals surface area contributed by atoms with E-state index in [4.69, 9.17) is 19.9 Å². The quantitative estimate of drug-likeness (QED) is 0.0713. The maximum atomic E-state index is 13.6. The Bertz CT molecular complexity index is 3080. The number of imidazole rings is 2. The molecule has 4 aliphatic carbocycles. The number of Topliss-reactive ketones (excluding diaryl/α,β-unsaturated/α-hetero) is 2. The molecule has 2 fully saturated rings. The van der Waals surface area contributed by atoms with Crippen LogP contribution in [0, 0.1) is 31.1 Å². The number of carbonyl (C=O) groups is 5. The molecule has 18 heteroatoms. The van der Waals surface area contributed by atoms with Gasteiger partial charge in [-0.2, -0.15) is 9.13 Å². The van der Waals surface area contributed by atoms with E-state index in [-0.39, 0.29) is 98.4 Å². The van der Waals surface area contributed by atoms with Crippen LogP contribution in [0.15, 0.2) is 73.3 Å². The van der Waals surface area contributed by atoms with Gasteiger partial charge in [0.25, 0.3) is 11.6 Å². The first kappa shape index (κ1) is 59.8. The van der Waals surface area contributed by atoms with Crippen LogP contribution in [0.5, 0.6) is 0 Å². The second-order valence-electron chi connectivity index (χ2n) is 22.4. The van der Waals surface area contributed by atoms with Gasteiger partial charge in [0.15, 0.2) is 11.6 Å². The summed E-state index contributed by atoms with van der Waals surface area (Å²) in [6.45, 7) is 10.9. The van der Waals surface area contributed by atoms with Gasteiger partial charge in [0, 0.05) is 72.3 Å². The number of aryl methyl sites for hydroxylation is 2. The van der Waals surface area contributed by atoms with Crippen LogP contribution in [0.4, 0.5) is 0 Å². The molecular formula is C58H78Cl3N7O8+2. The van der Waals surface area contributed by atoms with Gasteiger partial charge in [-0.1, -0.05) is 74.9 Å². The summed E-state index contributed by atoms with van der Waals surface area (Å²) in [5.41, 5.74) is 10.3. The zero-order valence-electron chi connectivity index (χ0n) is 45.3. The Morgan fingerprint density at radius 1 is 0.645 bits per heavy atom. The smallest absolute Gasteiger partial charge is 0.329 e. The molecule has 2 saturated carbocycles. The first-order valence-corrected chi connectivity index (χ1v) is 26.5. The minimum absolute atomic E-state index is 0. The molecule has 0 radical (unpaired) electrons. The van der Waals surface area contributed by atoms with Crippen LogP contribution in [-0.4, -0.2) is 58.9 Å². The van der Waals surface area contributed by atoms with E-state index in [2.05, 4.69) is 30.4 Å². The third kappa shape index (κ3) is 12.1. The van der Waals surface area contributed by atoms with Crippen molar-refractivity contribution in [2.24, 2.45) is 37.1 Å². The normalized spacial score (nSPS) is 18.7. The number of carbonyl (C=O) groups excluding carboxylic acids is 5. The molecule has 0 amide bonds. The molecule has 2 aromatic carbocycles. The van der Waals surface area contributed by atoms with Crippen LogP contribution < -0.4 is 14.9 Å². The van der Waals surface area contributed by atoms with Gasteiger partial charge >= 0.3 is 17.9 Å². The molecule has 4 aromatic heterocycles. The van der Waals surface area contributed by atoms with E-state index in [1.807, 2.05) is 119 Å². The summed E-state index contributed by atoms with van der Waals surface area (Å²) in [4.78, 5) is 65.8. The average Bonchev–Trinajstić information content (AvgIpc) is 4.09. The summed E-state index contributed by atoms with van der Waals surface area (Å²) >= 11 is 0. The summed E-state index contributed by atoms with van der Waals surface area (Å²) in [5.74, 6) is 1.11. The number of fused-ring (bicyclic) bond motifs is 6. The molecule has 0 spiro atoms. The van der Waals surface area contributed by atoms with Crippen LogP contribution >= 0.6 is 37.2 Å². The number of ketones is 2. The van der Waals surface area contributed by atoms with E-state index >= 15 is 0 Å². The lowest BCUT2D eigenvalue weighted by Gasteiger charge is -2.34. The molecule has 2 N–H and O–H groups in total.